The fourth-order valence-electron chi connectivity index (χ4n) is 2.20. The number of nitrogens with zero attached hydrogens (tertiary/aromatic N) is 3. The minimum Gasteiger partial charge on any atom is -0.371 e. The van der Waals surface area contributed by atoms with Crippen LogP contribution in [0.3, 0.4) is 0 Å². The number of rotatable bonds is 2. The van der Waals surface area contributed by atoms with Crippen LogP contribution in [0.15, 0.2) is 12.3 Å². The molecule has 1 N–H and O–H groups in total. The largest absolute Gasteiger partial charge is 0.371 e. The number of amides is 1. The Bertz CT molecular complexity index is 466. The van der Waals surface area contributed by atoms with Gasteiger partial charge in [0.15, 0.2) is 11.6 Å². The number of hydrogen-bond donors (Lipinski definition) is 1. The third-order valence-corrected chi connectivity index (χ3v) is 3.36. The van der Waals surface area contributed by atoms with E-state index in [-0.39, 0.29) is 17.3 Å². The second kappa shape index (κ2) is 5.97. The topological polar surface area (TPSA) is 48.5 Å². The highest BCUT2D eigenvalue weighted by Crippen LogP contribution is 2.17. The predicted molar refractivity (Wildman–Crippen MR) is 71.8 cm³/mol. The summed E-state index contributed by atoms with van der Waals surface area (Å²) in [5.41, 5.74) is 0.0869. The summed E-state index contributed by atoms with van der Waals surface area (Å²) in [6.07, 6.45) is 2.36. The molecule has 0 unspecified atom stereocenters. The van der Waals surface area contributed by atoms with Gasteiger partial charge in [-0.25, -0.2) is 9.37 Å². The van der Waals surface area contributed by atoms with Crippen molar-refractivity contribution in [3.63, 3.8) is 0 Å². The maximum atomic E-state index is 14.1. The number of carbonyl (C=O) groups excluding carboxylic acids is 1. The first-order valence-electron chi connectivity index (χ1n) is 6.43. The van der Waals surface area contributed by atoms with Crippen molar-refractivity contribution in [3.05, 3.63) is 23.6 Å². The van der Waals surface area contributed by atoms with Crippen LogP contribution in [0, 0.1) is 5.82 Å². The Balaban J connectivity index is 2.19. The molecule has 0 saturated carbocycles. The highest BCUT2D eigenvalue weighted by atomic mass is 19.1. The number of anilines is 1. The van der Waals surface area contributed by atoms with E-state index in [0.29, 0.717) is 13.1 Å². The summed E-state index contributed by atoms with van der Waals surface area (Å²) in [4.78, 5) is 20.1. The second-order valence-electron chi connectivity index (χ2n) is 4.72. The number of likely N-dealkylation sites (N-methyl/N-ethyl adjacent to an activating group) is 1. The van der Waals surface area contributed by atoms with E-state index in [9.17, 15) is 9.18 Å². The molecule has 104 valence electrons. The Morgan fingerprint density at radius 1 is 1.37 bits per heavy atom. The van der Waals surface area contributed by atoms with Gasteiger partial charge in [0.1, 0.15) is 0 Å². The molecule has 0 aliphatic carbocycles. The Morgan fingerprint density at radius 2 is 2.16 bits per heavy atom. The number of hydrogen-bond acceptors (Lipinski definition) is 4. The molecule has 6 heteroatoms. The van der Waals surface area contributed by atoms with Gasteiger partial charge >= 0.3 is 0 Å². The normalized spacial score (nSPS) is 17.1. The van der Waals surface area contributed by atoms with E-state index in [1.54, 1.807) is 11.9 Å². The van der Waals surface area contributed by atoms with Gasteiger partial charge < -0.3 is 15.1 Å². The maximum Gasteiger partial charge on any atom is 0.257 e. The van der Waals surface area contributed by atoms with Gasteiger partial charge in [-0.2, -0.15) is 0 Å². The average Bonchev–Trinajstić information content (AvgIpc) is 2.63. The predicted octanol–water partition coefficient (Wildman–Crippen LogP) is 1.04. The molecule has 0 radical (unpaired) electrons. The summed E-state index contributed by atoms with van der Waals surface area (Å²) >= 11 is 0. The molecular weight excluding hydrogens is 247 g/mol. The van der Waals surface area contributed by atoms with Gasteiger partial charge in [-0.3, -0.25) is 4.79 Å². The first kappa shape index (κ1) is 13.7. The van der Waals surface area contributed by atoms with Crippen LogP contribution in [0.5, 0.6) is 0 Å². The molecule has 1 fully saturated rings. The lowest BCUT2D eigenvalue weighted by Crippen LogP contribution is -2.35. The Kier molecular flexibility index (Phi) is 4.31. The molecule has 1 aromatic rings. The van der Waals surface area contributed by atoms with Gasteiger partial charge in [0.05, 0.1) is 5.56 Å². The molecule has 2 rings (SSSR count). The van der Waals surface area contributed by atoms with Crippen LogP contribution in [0.4, 0.5) is 10.2 Å². The molecule has 0 bridgehead atoms. The molecule has 1 saturated heterocycles. The molecule has 5 nitrogen and oxygen atoms in total. The van der Waals surface area contributed by atoms with E-state index in [2.05, 4.69) is 15.2 Å². The zero-order chi connectivity index (χ0) is 13.8. The maximum absolute atomic E-state index is 14.1. The lowest BCUT2D eigenvalue weighted by Gasteiger charge is -2.21. The van der Waals surface area contributed by atoms with Gasteiger partial charge in [-0.15, -0.1) is 0 Å². The second-order valence-corrected chi connectivity index (χ2v) is 4.72. The minimum absolute atomic E-state index is 0.0869. The van der Waals surface area contributed by atoms with E-state index >= 15 is 0 Å². The third-order valence-electron chi connectivity index (χ3n) is 3.36. The van der Waals surface area contributed by atoms with Gasteiger partial charge in [-0.05, 0) is 26.1 Å². The van der Waals surface area contributed by atoms with Crippen molar-refractivity contribution in [1.82, 2.24) is 14.8 Å². The van der Waals surface area contributed by atoms with Crippen molar-refractivity contribution in [2.45, 2.75) is 6.42 Å². The third kappa shape index (κ3) is 3.01. The molecule has 0 atom stereocenters. The van der Waals surface area contributed by atoms with Gasteiger partial charge in [-0.1, -0.05) is 0 Å². The summed E-state index contributed by atoms with van der Waals surface area (Å²) in [6, 6.07) is 1.44. The zero-order valence-corrected chi connectivity index (χ0v) is 11.3. The van der Waals surface area contributed by atoms with Crippen molar-refractivity contribution in [3.8, 4) is 0 Å². The molecule has 0 aromatic carbocycles. The Morgan fingerprint density at radius 3 is 2.89 bits per heavy atom. The van der Waals surface area contributed by atoms with E-state index < -0.39 is 5.82 Å². The van der Waals surface area contributed by atoms with Crippen molar-refractivity contribution in [2.24, 2.45) is 0 Å². The van der Waals surface area contributed by atoms with Crippen LogP contribution in [0.2, 0.25) is 0 Å². The number of pyridine rings is 1. The van der Waals surface area contributed by atoms with Crippen LogP contribution in [0.25, 0.3) is 0 Å². The summed E-state index contributed by atoms with van der Waals surface area (Å²) in [6.45, 7) is 3.08. The smallest absolute Gasteiger partial charge is 0.257 e. The monoisotopic (exact) mass is 266 g/mol. The van der Waals surface area contributed by atoms with Crippen molar-refractivity contribution in [2.75, 3.05) is 45.6 Å². The molecule has 1 aliphatic rings. The van der Waals surface area contributed by atoms with Gasteiger partial charge in [0, 0.05) is 32.9 Å². The lowest BCUT2D eigenvalue weighted by molar-refractivity contribution is 0.0758. The molecule has 19 heavy (non-hydrogen) atoms. The van der Waals surface area contributed by atoms with E-state index in [1.807, 2.05) is 7.05 Å². The first-order chi connectivity index (χ1) is 9.13. The summed E-state index contributed by atoms with van der Waals surface area (Å²) in [5.74, 6) is -0.725. The van der Waals surface area contributed by atoms with E-state index in [0.717, 1.165) is 19.5 Å². The number of carbonyl (C=O) groups is 1. The van der Waals surface area contributed by atoms with Crippen molar-refractivity contribution >= 4 is 11.7 Å². The molecule has 2 heterocycles. The highest BCUT2D eigenvalue weighted by Gasteiger charge is 2.22. The summed E-state index contributed by atoms with van der Waals surface area (Å²) in [5, 5.41) is 2.65. The van der Waals surface area contributed by atoms with Gasteiger partial charge in [0.2, 0.25) is 0 Å². The summed E-state index contributed by atoms with van der Waals surface area (Å²) in [7, 11) is 3.61. The molecule has 1 aromatic heterocycles. The Hall–Kier alpha value is -1.69. The molecule has 0 spiro atoms. The lowest BCUT2D eigenvalue weighted by atomic mass is 10.2. The zero-order valence-electron chi connectivity index (χ0n) is 11.3. The van der Waals surface area contributed by atoms with Crippen LogP contribution in [0.1, 0.15) is 16.8 Å². The average molecular weight is 266 g/mol. The molecule has 1 aliphatic heterocycles. The van der Waals surface area contributed by atoms with E-state index in [1.165, 1.54) is 12.3 Å². The SMILES string of the molecule is CNc1nccc(C(=O)N2CCCN(C)CC2)c1F. The Labute approximate surface area is 112 Å². The highest BCUT2D eigenvalue weighted by molar-refractivity contribution is 5.95. The summed E-state index contributed by atoms with van der Waals surface area (Å²) < 4.78 is 14.1. The van der Waals surface area contributed by atoms with Gasteiger partial charge in [0.25, 0.3) is 5.91 Å². The number of aromatic nitrogens is 1. The van der Waals surface area contributed by atoms with Crippen molar-refractivity contribution < 1.29 is 9.18 Å². The van der Waals surface area contributed by atoms with Crippen molar-refractivity contribution in [1.29, 1.82) is 0 Å². The standard InChI is InChI=1S/C13H19FN4O/c1-15-12-11(14)10(4-5-16-12)13(19)18-7-3-6-17(2)8-9-18/h4-5H,3,6-9H2,1-2H3,(H,15,16). The molecular formula is C13H19FN4O. The van der Waals surface area contributed by atoms with E-state index in [4.69, 9.17) is 0 Å². The number of nitrogens with one attached hydrogen (secondary N) is 1. The minimum atomic E-state index is -0.576. The molecule has 1 amide bonds. The van der Waals surface area contributed by atoms with Crippen LogP contribution < -0.4 is 5.32 Å². The van der Waals surface area contributed by atoms with Crippen LogP contribution >= 0.6 is 0 Å². The number of halogens is 1. The quantitative estimate of drug-likeness (QED) is 0.869. The van der Waals surface area contributed by atoms with Crippen LogP contribution in [-0.2, 0) is 0 Å². The fraction of sp³-hybridized carbons (Fsp3) is 0.538. The first-order valence-corrected chi connectivity index (χ1v) is 6.43. The fourth-order valence-corrected chi connectivity index (χ4v) is 2.20. The van der Waals surface area contributed by atoms with Crippen LogP contribution in [-0.4, -0.2) is 61.0 Å².